The van der Waals surface area contributed by atoms with E-state index in [0.29, 0.717) is 13.0 Å². The number of benzene rings is 1. The van der Waals surface area contributed by atoms with Crippen molar-refractivity contribution < 1.29 is 19.4 Å². The molecule has 1 unspecified atom stereocenters. The Bertz CT molecular complexity index is 449. The molecule has 0 aromatic heterocycles. The summed E-state index contributed by atoms with van der Waals surface area (Å²) >= 11 is 0. The predicted molar refractivity (Wildman–Crippen MR) is 66.8 cm³/mol. The van der Waals surface area contributed by atoms with E-state index in [1.54, 1.807) is 7.11 Å². The summed E-state index contributed by atoms with van der Waals surface area (Å²) in [5.41, 5.74) is 1.61. The molecular weight excluding hydrogens is 232 g/mol. The lowest BCUT2D eigenvalue weighted by molar-refractivity contribution is -0.166. The van der Waals surface area contributed by atoms with Crippen molar-refractivity contribution in [1.29, 1.82) is 0 Å². The zero-order valence-electron chi connectivity index (χ0n) is 10.7. The molecule has 1 aromatic rings. The van der Waals surface area contributed by atoms with Gasteiger partial charge in [-0.2, -0.15) is 0 Å². The van der Waals surface area contributed by atoms with Gasteiger partial charge in [0.05, 0.1) is 19.3 Å². The number of aliphatic carboxylic acids is 1. The zero-order chi connectivity index (χ0) is 13.2. The van der Waals surface area contributed by atoms with Gasteiger partial charge in [-0.25, -0.2) is 0 Å². The maximum Gasteiger partial charge on any atom is 0.303 e. The molecule has 4 heteroatoms. The molecule has 1 saturated heterocycles. The quantitative estimate of drug-likeness (QED) is 0.872. The predicted octanol–water partition coefficient (Wildman–Crippen LogP) is 2.48. The third-order valence-corrected chi connectivity index (χ3v) is 3.47. The second kappa shape index (κ2) is 4.98. The molecule has 1 aliphatic rings. The van der Waals surface area contributed by atoms with E-state index in [9.17, 15) is 4.79 Å². The third kappa shape index (κ3) is 2.34. The molecule has 0 spiro atoms. The first kappa shape index (κ1) is 12.9. The van der Waals surface area contributed by atoms with Gasteiger partial charge >= 0.3 is 5.97 Å². The first-order chi connectivity index (χ1) is 8.57. The second-order valence-corrected chi connectivity index (χ2v) is 4.69. The SMILES string of the molecule is COc1ccc(C)cc1C1(CCC(=O)O)CCO1. The van der Waals surface area contributed by atoms with Gasteiger partial charge in [0.1, 0.15) is 5.75 Å². The van der Waals surface area contributed by atoms with E-state index in [1.165, 1.54) is 0 Å². The average molecular weight is 250 g/mol. The molecular formula is C14H18O4. The summed E-state index contributed by atoms with van der Waals surface area (Å²) in [6.45, 7) is 2.68. The number of carboxylic acid groups (broad SMARTS) is 1. The summed E-state index contributed by atoms with van der Waals surface area (Å²) in [5, 5.41) is 8.84. The Balaban J connectivity index is 2.31. The monoisotopic (exact) mass is 250 g/mol. The minimum absolute atomic E-state index is 0.108. The molecule has 0 saturated carbocycles. The maximum atomic E-state index is 10.8. The fourth-order valence-electron chi connectivity index (χ4n) is 2.38. The Morgan fingerprint density at radius 3 is 2.78 bits per heavy atom. The van der Waals surface area contributed by atoms with Gasteiger partial charge in [0.25, 0.3) is 0 Å². The van der Waals surface area contributed by atoms with Crippen molar-refractivity contribution >= 4 is 5.97 Å². The highest BCUT2D eigenvalue weighted by molar-refractivity contribution is 5.67. The van der Waals surface area contributed by atoms with Crippen LogP contribution in [0.5, 0.6) is 5.75 Å². The average Bonchev–Trinajstić information content (AvgIpc) is 2.27. The van der Waals surface area contributed by atoms with Gasteiger partial charge in [-0.05, 0) is 25.5 Å². The Morgan fingerprint density at radius 2 is 2.28 bits per heavy atom. The first-order valence-electron chi connectivity index (χ1n) is 6.08. The van der Waals surface area contributed by atoms with Crippen LogP contribution >= 0.6 is 0 Å². The number of hydrogen-bond acceptors (Lipinski definition) is 3. The molecule has 1 N–H and O–H groups in total. The number of carboxylic acids is 1. The largest absolute Gasteiger partial charge is 0.496 e. The topological polar surface area (TPSA) is 55.8 Å². The van der Waals surface area contributed by atoms with Crippen molar-refractivity contribution in [3.05, 3.63) is 29.3 Å². The van der Waals surface area contributed by atoms with Crippen molar-refractivity contribution in [3.8, 4) is 5.75 Å². The standard InChI is InChI=1S/C14H18O4/c1-10-3-4-12(17-2)11(9-10)14(7-8-18-14)6-5-13(15)16/h3-4,9H,5-8H2,1-2H3,(H,15,16). The van der Waals surface area contributed by atoms with Gasteiger partial charge in [0.2, 0.25) is 0 Å². The number of ether oxygens (including phenoxy) is 2. The van der Waals surface area contributed by atoms with E-state index in [2.05, 4.69) is 0 Å². The molecule has 1 fully saturated rings. The van der Waals surface area contributed by atoms with Crippen LogP contribution in [0.25, 0.3) is 0 Å². The minimum Gasteiger partial charge on any atom is -0.496 e. The molecule has 1 atom stereocenters. The fraction of sp³-hybridized carbons (Fsp3) is 0.500. The number of hydrogen-bond donors (Lipinski definition) is 1. The van der Waals surface area contributed by atoms with Gasteiger partial charge in [0.15, 0.2) is 0 Å². The van der Waals surface area contributed by atoms with Crippen LogP contribution in [0, 0.1) is 6.92 Å². The van der Waals surface area contributed by atoms with E-state index in [-0.39, 0.29) is 6.42 Å². The summed E-state index contributed by atoms with van der Waals surface area (Å²) in [6, 6.07) is 5.92. The van der Waals surface area contributed by atoms with Gasteiger partial charge in [-0.1, -0.05) is 11.6 Å². The van der Waals surface area contributed by atoms with Crippen LogP contribution in [-0.2, 0) is 15.1 Å². The van der Waals surface area contributed by atoms with Gasteiger partial charge < -0.3 is 14.6 Å². The summed E-state index contributed by atoms with van der Waals surface area (Å²) in [6.07, 6.45) is 1.44. The lowest BCUT2D eigenvalue weighted by Crippen LogP contribution is -2.41. The molecule has 0 aliphatic carbocycles. The normalized spacial score (nSPS) is 22.3. The molecule has 18 heavy (non-hydrogen) atoms. The maximum absolute atomic E-state index is 10.8. The smallest absolute Gasteiger partial charge is 0.303 e. The van der Waals surface area contributed by atoms with Crippen LogP contribution in [-0.4, -0.2) is 24.8 Å². The molecule has 2 rings (SSSR count). The van der Waals surface area contributed by atoms with Crippen molar-refractivity contribution in [2.24, 2.45) is 0 Å². The first-order valence-corrected chi connectivity index (χ1v) is 6.08. The highest BCUT2D eigenvalue weighted by Crippen LogP contribution is 2.45. The van der Waals surface area contributed by atoms with E-state index in [1.807, 2.05) is 25.1 Å². The molecule has 1 aromatic carbocycles. The lowest BCUT2D eigenvalue weighted by atomic mass is 9.81. The summed E-state index contributed by atoms with van der Waals surface area (Å²) in [4.78, 5) is 10.8. The van der Waals surface area contributed by atoms with Crippen LogP contribution < -0.4 is 4.74 Å². The van der Waals surface area contributed by atoms with E-state index >= 15 is 0 Å². The van der Waals surface area contributed by atoms with Gasteiger partial charge in [-0.15, -0.1) is 0 Å². The molecule has 1 aliphatic heterocycles. The zero-order valence-corrected chi connectivity index (χ0v) is 10.7. The van der Waals surface area contributed by atoms with Gasteiger partial charge in [0, 0.05) is 18.4 Å². The van der Waals surface area contributed by atoms with Crippen LogP contribution in [0.2, 0.25) is 0 Å². The van der Waals surface area contributed by atoms with Gasteiger partial charge in [-0.3, -0.25) is 4.79 Å². The number of aryl methyl sites for hydroxylation is 1. The van der Waals surface area contributed by atoms with Crippen molar-refractivity contribution in [3.63, 3.8) is 0 Å². The number of rotatable bonds is 5. The summed E-state index contributed by atoms with van der Waals surface area (Å²) in [5.74, 6) is -0.0258. The highest BCUT2D eigenvalue weighted by atomic mass is 16.5. The fourth-order valence-corrected chi connectivity index (χ4v) is 2.38. The Morgan fingerprint density at radius 1 is 1.56 bits per heavy atom. The van der Waals surface area contributed by atoms with E-state index < -0.39 is 11.6 Å². The lowest BCUT2D eigenvalue weighted by Gasteiger charge is -2.43. The van der Waals surface area contributed by atoms with Crippen LogP contribution in [0.3, 0.4) is 0 Å². The van der Waals surface area contributed by atoms with Crippen LogP contribution in [0.15, 0.2) is 18.2 Å². The summed E-state index contributed by atoms with van der Waals surface area (Å²) < 4.78 is 11.1. The summed E-state index contributed by atoms with van der Waals surface area (Å²) in [7, 11) is 1.62. The Labute approximate surface area is 107 Å². The molecule has 98 valence electrons. The van der Waals surface area contributed by atoms with Crippen molar-refractivity contribution in [1.82, 2.24) is 0 Å². The Hall–Kier alpha value is -1.55. The molecule has 0 radical (unpaired) electrons. The second-order valence-electron chi connectivity index (χ2n) is 4.69. The van der Waals surface area contributed by atoms with E-state index in [0.717, 1.165) is 23.3 Å². The van der Waals surface area contributed by atoms with Crippen molar-refractivity contribution in [2.45, 2.75) is 31.8 Å². The molecule has 0 amide bonds. The minimum atomic E-state index is -0.795. The van der Waals surface area contributed by atoms with E-state index in [4.69, 9.17) is 14.6 Å². The molecule has 4 nitrogen and oxygen atoms in total. The Kier molecular flexibility index (Phi) is 3.57. The number of methoxy groups -OCH3 is 1. The highest BCUT2D eigenvalue weighted by Gasteiger charge is 2.42. The number of carbonyl (C=O) groups is 1. The molecule has 0 bridgehead atoms. The van der Waals surface area contributed by atoms with Crippen LogP contribution in [0.4, 0.5) is 0 Å². The van der Waals surface area contributed by atoms with Crippen LogP contribution in [0.1, 0.15) is 30.4 Å². The van der Waals surface area contributed by atoms with Crippen molar-refractivity contribution in [2.75, 3.05) is 13.7 Å². The third-order valence-electron chi connectivity index (χ3n) is 3.47. The molecule has 1 heterocycles.